The fraction of sp³-hybridized carbons (Fsp3) is 0.600. The Bertz CT molecular complexity index is 468. The molecule has 0 bridgehead atoms. The molecule has 2 aliphatic heterocycles. The fourth-order valence-corrected chi connectivity index (χ4v) is 3.14. The number of hydrogen-bond donors (Lipinski definition) is 1. The van der Waals surface area contributed by atoms with E-state index >= 15 is 0 Å². The first kappa shape index (κ1) is 12.1. The van der Waals surface area contributed by atoms with Crippen LogP contribution in [0.2, 0.25) is 0 Å². The largest absolute Gasteiger partial charge is 0.380 e. The SMILES string of the molecule is BN1CCc2cc3c(cc2CC1)NC(C)(C)CC3. The van der Waals surface area contributed by atoms with E-state index in [1.807, 2.05) is 0 Å². The van der Waals surface area contributed by atoms with Gasteiger partial charge < -0.3 is 10.1 Å². The van der Waals surface area contributed by atoms with Crippen LogP contribution in [0.4, 0.5) is 5.69 Å². The minimum atomic E-state index is 0.253. The average molecular weight is 242 g/mol. The summed E-state index contributed by atoms with van der Waals surface area (Å²) in [6.07, 6.45) is 4.86. The molecule has 3 heteroatoms. The van der Waals surface area contributed by atoms with Crippen molar-refractivity contribution in [2.45, 2.75) is 45.1 Å². The monoisotopic (exact) mass is 242 g/mol. The minimum Gasteiger partial charge on any atom is -0.380 e. The summed E-state index contributed by atoms with van der Waals surface area (Å²) in [5, 5.41) is 3.70. The second-order valence-electron chi connectivity index (χ2n) is 6.59. The van der Waals surface area contributed by atoms with Crippen LogP contribution in [0.15, 0.2) is 12.1 Å². The highest BCUT2D eigenvalue weighted by molar-refractivity contribution is 6.04. The first-order valence-electron chi connectivity index (χ1n) is 7.15. The van der Waals surface area contributed by atoms with Gasteiger partial charge in [-0.3, -0.25) is 0 Å². The summed E-state index contributed by atoms with van der Waals surface area (Å²) in [5.74, 6) is 0. The van der Waals surface area contributed by atoms with Gasteiger partial charge in [-0.05, 0) is 75.4 Å². The predicted octanol–water partition coefficient (Wildman–Crippen LogP) is 1.77. The molecule has 3 rings (SSSR count). The second-order valence-corrected chi connectivity index (χ2v) is 6.59. The maximum Gasteiger partial charge on any atom is 0.185 e. The summed E-state index contributed by atoms with van der Waals surface area (Å²) < 4.78 is 0. The molecule has 0 atom stereocenters. The molecule has 2 aliphatic rings. The summed E-state index contributed by atoms with van der Waals surface area (Å²) in [5.41, 5.74) is 6.30. The standard InChI is InChI=1S/C15H23BN2/c1-15(2)6-3-13-9-11-4-7-18(16)8-5-12(11)10-14(13)17-15/h9-10,17H,3-8,16H2,1-2H3. The van der Waals surface area contributed by atoms with Crippen LogP contribution >= 0.6 is 0 Å². The number of hydrogen-bond acceptors (Lipinski definition) is 2. The van der Waals surface area contributed by atoms with Crippen LogP contribution in [0.5, 0.6) is 0 Å². The van der Waals surface area contributed by atoms with Crippen LogP contribution in [-0.4, -0.2) is 31.4 Å². The molecule has 1 N–H and O–H groups in total. The first-order valence-corrected chi connectivity index (χ1v) is 7.15. The van der Waals surface area contributed by atoms with E-state index in [-0.39, 0.29) is 5.54 Å². The summed E-state index contributed by atoms with van der Waals surface area (Å²) in [7, 11) is 2.23. The lowest BCUT2D eigenvalue weighted by molar-refractivity contribution is 0.476. The molecule has 96 valence electrons. The quantitative estimate of drug-likeness (QED) is 0.697. The van der Waals surface area contributed by atoms with Crippen molar-refractivity contribution in [3.8, 4) is 0 Å². The van der Waals surface area contributed by atoms with Gasteiger partial charge in [0, 0.05) is 11.2 Å². The number of fused-ring (bicyclic) bond motifs is 2. The predicted molar refractivity (Wildman–Crippen MR) is 80.0 cm³/mol. The number of rotatable bonds is 0. The summed E-state index contributed by atoms with van der Waals surface area (Å²) >= 11 is 0. The average Bonchev–Trinajstić information content (AvgIpc) is 2.48. The molecule has 1 aromatic carbocycles. The van der Waals surface area contributed by atoms with Gasteiger partial charge >= 0.3 is 0 Å². The topological polar surface area (TPSA) is 15.3 Å². The van der Waals surface area contributed by atoms with Crippen molar-refractivity contribution in [3.63, 3.8) is 0 Å². The highest BCUT2D eigenvalue weighted by Gasteiger charge is 2.25. The van der Waals surface area contributed by atoms with Crippen LogP contribution in [-0.2, 0) is 19.3 Å². The van der Waals surface area contributed by atoms with Crippen molar-refractivity contribution < 1.29 is 0 Å². The second kappa shape index (κ2) is 4.31. The Hall–Kier alpha value is -0.955. The van der Waals surface area contributed by atoms with Crippen molar-refractivity contribution in [2.75, 3.05) is 18.4 Å². The van der Waals surface area contributed by atoms with Gasteiger partial charge in [-0.25, -0.2) is 0 Å². The molecule has 18 heavy (non-hydrogen) atoms. The third kappa shape index (κ3) is 2.28. The van der Waals surface area contributed by atoms with Crippen LogP contribution in [0.1, 0.15) is 37.0 Å². The molecular weight excluding hydrogens is 219 g/mol. The molecule has 2 heterocycles. The molecule has 0 saturated carbocycles. The summed E-state index contributed by atoms with van der Waals surface area (Å²) in [6.45, 7) is 6.99. The van der Waals surface area contributed by atoms with E-state index in [1.165, 1.54) is 50.0 Å². The Morgan fingerprint density at radius 2 is 1.72 bits per heavy atom. The lowest BCUT2D eigenvalue weighted by atomic mass is 9.87. The van der Waals surface area contributed by atoms with Gasteiger partial charge in [0.2, 0.25) is 0 Å². The van der Waals surface area contributed by atoms with Crippen LogP contribution in [0.3, 0.4) is 0 Å². The van der Waals surface area contributed by atoms with Crippen molar-refractivity contribution in [1.82, 2.24) is 4.81 Å². The van der Waals surface area contributed by atoms with Gasteiger partial charge in [-0.1, -0.05) is 6.07 Å². The van der Waals surface area contributed by atoms with E-state index < -0.39 is 0 Å². The Labute approximate surface area is 111 Å². The third-order valence-corrected chi connectivity index (χ3v) is 4.44. The number of nitrogens with zero attached hydrogens (tertiary/aromatic N) is 1. The van der Waals surface area contributed by atoms with Crippen LogP contribution in [0, 0.1) is 0 Å². The van der Waals surface area contributed by atoms with Crippen molar-refractivity contribution in [3.05, 3.63) is 28.8 Å². The van der Waals surface area contributed by atoms with E-state index in [1.54, 1.807) is 11.1 Å². The first-order chi connectivity index (χ1) is 8.53. The molecule has 0 aliphatic carbocycles. The Kier molecular flexibility index (Phi) is 2.89. The van der Waals surface area contributed by atoms with Gasteiger partial charge in [0.1, 0.15) is 0 Å². The van der Waals surface area contributed by atoms with Crippen LogP contribution in [0.25, 0.3) is 0 Å². The molecule has 2 nitrogen and oxygen atoms in total. The van der Waals surface area contributed by atoms with E-state index in [9.17, 15) is 0 Å². The zero-order chi connectivity index (χ0) is 12.8. The molecule has 0 unspecified atom stereocenters. The summed E-state index contributed by atoms with van der Waals surface area (Å²) in [6, 6.07) is 4.89. The fourth-order valence-electron chi connectivity index (χ4n) is 3.14. The Morgan fingerprint density at radius 1 is 1.06 bits per heavy atom. The number of benzene rings is 1. The molecule has 0 spiro atoms. The molecular formula is C15H23BN2. The molecule has 0 radical (unpaired) electrons. The maximum atomic E-state index is 3.70. The third-order valence-electron chi connectivity index (χ3n) is 4.44. The zero-order valence-corrected chi connectivity index (χ0v) is 11.8. The Balaban J connectivity index is 1.96. The Morgan fingerprint density at radius 3 is 2.44 bits per heavy atom. The van der Waals surface area contributed by atoms with E-state index in [0.717, 1.165) is 0 Å². The van der Waals surface area contributed by atoms with Crippen molar-refractivity contribution >= 4 is 13.7 Å². The van der Waals surface area contributed by atoms with Gasteiger partial charge in [-0.2, -0.15) is 0 Å². The van der Waals surface area contributed by atoms with E-state index in [0.29, 0.717) is 0 Å². The normalized spacial score (nSPS) is 22.6. The lowest BCUT2D eigenvalue weighted by Crippen LogP contribution is -2.35. The zero-order valence-electron chi connectivity index (χ0n) is 11.8. The number of nitrogens with one attached hydrogen (secondary N) is 1. The maximum absolute atomic E-state index is 3.70. The van der Waals surface area contributed by atoms with Gasteiger partial charge in [0.05, 0.1) is 0 Å². The molecule has 0 saturated heterocycles. The molecule has 1 aromatic rings. The van der Waals surface area contributed by atoms with Gasteiger partial charge in [0.15, 0.2) is 7.98 Å². The lowest BCUT2D eigenvalue weighted by Gasteiger charge is -2.34. The van der Waals surface area contributed by atoms with Crippen molar-refractivity contribution in [2.24, 2.45) is 0 Å². The minimum absolute atomic E-state index is 0.253. The van der Waals surface area contributed by atoms with E-state index in [2.05, 4.69) is 44.1 Å². The molecule has 0 amide bonds. The number of aryl methyl sites for hydroxylation is 1. The smallest absolute Gasteiger partial charge is 0.185 e. The highest BCUT2D eigenvalue weighted by atomic mass is 15.0. The molecule has 0 fully saturated rings. The number of anilines is 1. The van der Waals surface area contributed by atoms with Crippen molar-refractivity contribution in [1.29, 1.82) is 0 Å². The van der Waals surface area contributed by atoms with Gasteiger partial charge in [0.25, 0.3) is 0 Å². The van der Waals surface area contributed by atoms with Crippen LogP contribution < -0.4 is 5.32 Å². The van der Waals surface area contributed by atoms with E-state index in [4.69, 9.17) is 0 Å². The highest BCUT2D eigenvalue weighted by Crippen LogP contribution is 2.33. The van der Waals surface area contributed by atoms with Gasteiger partial charge in [-0.15, -0.1) is 0 Å². The molecule has 0 aromatic heterocycles. The summed E-state index contributed by atoms with van der Waals surface area (Å²) in [4.78, 5) is 2.44.